The molecule has 0 saturated carbocycles. The van der Waals surface area contributed by atoms with Gasteiger partial charge in [-0.15, -0.1) is 0 Å². The summed E-state index contributed by atoms with van der Waals surface area (Å²) >= 11 is 0. The van der Waals surface area contributed by atoms with E-state index >= 15 is 0 Å². The maximum absolute atomic E-state index is 11.3. The monoisotopic (exact) mass is 217 g/mol. The summed E-state index contributed by atoms with van der Waals surface area (Å²) in [5.74, 6) is 0. The Bertz CT molecular complexity index is 398. The van der Waals surface area contributed by atoms with Crippen LogP contribution in [0.2, 0.25) is 0 Å². The van der Waals surface area contributed by atoms with Crippen LogP contribution in [0.3, 0.4) is 0 Å². The number of ether oxygens (including phenoxy) is 1. The van der Waals surface area contributed by atoms with Crippen LogP contribution in [0, 0.1) is 0 Å². The van der Waals surface area contributed by atoms with Crippen molar-refractivity contribution in [2.45, 2.75) is 6.42 Å². The lowest BCUT2D eigenvalue weighted by Crippen LogP contribution is -2.34. The molecule has 0 aliphatic carbocycles. The lowest BCUT2D eigenvalue weighted by Gasteiger charge is -2.25. The highest BCUT2D eigenvalue weighted by Gasteiger charge is 2.17. The molecule has 3 heteroatoms. The van der Waals surface area contributed by atoms with Crippen molar-refractivity contribution in [3.8, 4) is 0 Å². The van der Waals surface area contributed by atoms with E-state index in [4.69, 9.17) is 0 Å². The molecule has 1 aliphatic rings. The van der Waals surface area contributed by atoms with Crippen molar-refractivity contribution >= 4 is 11.7 Å². The van der Waals surface area contributed by atoms with E-state index in [-0.39, 0.29) is 6.09 Å². The lowest BCUT2D eigenvalue weighted by atomic mass is 10.00. The smallest absolute Gasteiger partial charge is 0.409 e. The van der Waals surface area contributed by atoms with Gasteiger partial charge in [0.1, 0.15) is 0 Å². The average molecular weight is 217 g/mol. The molecule has 1 heterocycles. The van der Waals surface area contributed by atoms with Crippen LogP contribution in [0.5, 0.6) is 0 Å². The number of methoxy groups -OCH3 is 1. The van der Waals surface area contributed by atoms with Gasteiger partial charge in [-0.3, -0.25) is 0 Å². The fourth-order valence-corrected chi connectivity index (χ4v) is 1.88. The number of rotatable bonds is 1. The Morgan fingerprint density at radius 3 is 2.62 bits per heavy atom. The highest BCUT2D eigenvalue weighted by Crippen LogP contribution is 2.21. The third-order valence-corrected chi connectivity index (χ3v) is 2.79. The van der Waals surface area contributed by atoms with Crippen molar-refractivity contribution in [1.29, 1.82) is 0 Å². The summed E-state index contributed by atoms with van der Waals surface area (Å²) in [6.45, 7) is 1.37. The minimum atomic E-state index is -0.247. The summed E-state index contributed by atoms with van der Waals surface area (Å²) in [5, 5.41) is 0. The van der Waals surface area contributed by atoms with Crippen LogP contribution in [0.4, 0.5) is 4.79 Å². The van der Waals surface area contributed by atoms with Crippen LogP contribution in [0.25, 0.3) is 5.57 Å². The van der Waals surface area contributed by atoms with Crippen molar-refractivity contribution in [1.82, 2.24) is 4.90 Å². The first-order valence-corrected chi connectivity index (χ1v) is 5.38. The van der Waals surface area contributed by atoms with Crippen molar-refractivity contribution in [2.75, 3.05) is 20.2 Å². The summed E-state index contributed by atoms with van der Waals surface area (Å²) in [6, 6.07) is 10.3. The SMILES string of the molecule is COC(=O)N1CC=C(c2ccccc2)CC1. The average Bonchev–Trinajstić information content (AvgIpc) is 2.39. The zero-order valence-electron chi connectivity index (χ0n) is 9.35. The molecule has 3 nitrogen and oxygen atoms in total. The van der Waals surface area contributed by atoms with Gasteiger partial charge in [0.25, 0.3) is 0 Å². The molecule has 16 heavy (non-hydrogen) atoms. The van der Waals surface area contributed by atoms with Crippen LogP contribution < -0.4 is 0 Å². The van der Waals surface area contributed by atoms with E-state index in [9.17, 15) is 4.79 Å². The fourth-order valence-electron chi connectivity index (χ4n) is 1.88. The van der Waals surface area contributed by atoms with E-state index in [0.29, 0.717) is 6.54 Å². The molecule has 84 valence electrons. The maximum Gasteiger partial charge on any atom is 0.409 e. The van der Waals surface area contributed by atoms with Crippen LogP contribution in [0.15, 0.2) is 36.4 Å². The third-order valence-electron chi connectivity index (χ3n) is 2.79. The van der Waals surface area contributed by atoms with Gasteiger partial charge >= 0.3 is 6.09 Å². The zero-order chi connectivity index (χ0) is 11.4. The Kier molecular flexibility index (Phi) is 3.25. The summed E-state index contributed by atoms with van der Waals surface area (Å²) in [6.07, 6.45) is 2.73. The van der Waals surface area contributed by atoms with E-state index in [1.165, 1.54) is 18.2 Å². The number of benzene rings is 1. The van der Waals surface area contributed by atoms with Crippen molar-refractivity contribution in [2.24, 2.45) is 0 Å². The predicted molar refractivity (Wildman–Crippen MR) is 63.0 cm³/mol. The Hall–Kier alpha value is -1.77. The van der Waals surface area contributed by atoms with E-state index in [1.807, 2.05) is 18.2 Å². The number of nitrogens with zero attached hydrogens (tertiary/aromatic N) is 1. The Morgan fingerprint density at radius 1 is 1.31 bits per heavy atom. The zero-order valence-corrected chi connectivity index (χ0v) is 9.35. The molecule has 0 fully saturated rings. The van der Waals surface area contributed by atoms with Crippen molar-refractivity contribution in [3.05, 3.63) is 42.0 Å². The molecule has 0 atom stereocenters. The molecule has 0 radical (unpaired) electrons. The predicted octanol–water partition coefficient (Wildman–Crippen LogP) is 2.54. The summed E-state index contributed by atoms with van der Waals surface area (Å²) in [4.78, 5) is 13.0. The van der Waals surface area contributed by atoms with Gasteiger partial charge in [-0.05, 0) is 17.6 Å². The largest absolute Gasteiger partial charge is 0.453 e. The topological polar surface area (TPSA) is 29.5 Å². The van der Waals surface area contributed by atoms with Crippen LogP contribution in [-0.2, 0) is 4.74 Å². The van der Waals surface area contributed by atoms with Gasteiger partial charge in [0.2, 0.25) is 0 Å². The third kappa shape index (κ3) is 2.24. The van der Waals surface area contributed by atoms with Crippen molar-refractivity contribution in [3.63, 3.8) is 0 Å². The molecule has 0 saturated heterocycles. The van der Waals surface area contributed by atoms with E-state index in [1.54, 1.807) is 4.90 Å². The highest BCUT2D eigenvalue weighted by molar-refractivity contribution is 5.72. The number of amides is 1. The molecule has 2 rings (SSSR count). The minimum Gasteiger partial charge on any atom is -0.453 e. The normalized spacial score (nSPS) is 15.6. The maximum atomic E-state index is 11.3. The van der Waals surface area contributed by atoms with Gasteiger partial charge in [0.15, 0.2) is 0 Å². The van der Waals surface area contributed by atoms with Gasteiger partial charge in [-0.1, -0.05) is 36.4 Å². The molecule has 1 amide bonds. The molecule has 1 aliphatic heterocycles. The molecule has 1 aromatic carbocycles. The van der Waals surface area contributed by atoms with E-state index in [2.05, 4.69) is 22.9 Å². The standard InChI is InChI=1S/C13H15NO2/c1-16-13(15)14-9-7-12(8-10-14)11-5-3-2-4-6-11/h2-7H,8-10H2,1H3. The summed E-state index contributed by atoms with van der Waals surface area (Å²) in [5.41, 5.74) is 2.55. The first kappa shape index (κ1) is 10.7. The fraction of sp³-hybridized carbons (Fsp3) is 0.308. The van der Waals surface area contributed by atoms with Gasteiger partial charge in [0, 0.05) is 13.1 Å². The van der Waals surface area contributed by atoms with Gasteiger partial charge in [0.05, 0.1) is 7.11 Å². The number of hydrogen-bond acceptors (Lipinski definition) is 2. The van der Waals surface area contributed by atoms with Gasteiger partial charge in [-0.2, -0.15) is 0 Å². The molecule has 0 N–H and O–H groups in total. The van der Waals surface area contributed by atoms with Gasteiger partial charge in [-0.25, -0.2) is 4.79 Å². The number of carbonyl (C=O) groups excluding carboxylic acids is 1. The first-order valence-electron chi connectivity index (χ1n) is 5.38. The molecule has 0 unspecified atom stereocenters. The molecule has 0 spiro atoms. The second-order valence-electron chi connectivity index (χ2n) is 3.76. The Balaban J connectivity index is 2.07. The summed E-state index contributed by atoms with van der Waals surface area (Å²) in [7, 11) is 1.42. The first-order chi connectivity index (χ1) is 7.81. The molecular formula is C13H15NO2. The van der Waals surface area contributed by atoms with Crippen LogP contribution in [-0.4, -0.2) is 31.2 Å². The quantitative estimate of drug-likeness (QED) is 0.723. The van der Waals surface area contributed by atoms with E-state index in [0.717, 1.165) is 13.0 Å². The molecular weight excluding hydrogens is 202 g/mol. The highest BCUT2D eigenvalue weighted by atomic mass is 16.5. The lowest BCUT2D eigenvalue weighted by molar-refractivity contribution is 0.128. The van der Waals surface area contributed by atoms with E-state index < -0.39 is 0 Å². The second kappa shape index (κ2) is 4.84. The molecule has 0 bridgehead atoms. The van der Waals surface area contributed by atoms with Crippen molar-refractivity contribution < 1.29 is 9.53 Å². The Labute approximate surface area is 95.3 Å². The van der Waals surface area contributed by atoms with Crippen LogP contribution in [0.1, 0.15) is 12.0 Å². The summed E-state index contributed by atoms with van der Waals surface area (Å²) < 4.78 is 4.69. The number of carbonyl (C=O) groups is 1. The van der Waals surface area contributed by atoms with Crippen LogP contribution >= 0.6 is 0 Å². The van der Waals surface area contributed by atoms with Gasteiger partial charge < -0.3 is 9.64 Å². The second-order valence-corrected chi connectivity index (χ2v) is 3.76. The minimum absolute atomic E-state index is 0.247. The number of hydrogen-bond donors (Lipinski definition) is 0. The Morgan fingerprint density at radius 2 is 2.06 bits per heavy atom. The molecule has 0 aromatic heterocycles. The molecule has 1 aromatic rings.